The van der Waals surface area contributed by atoms with E-state index in [-0.39, 0.29) is 5.43 Å². The Bertz CT molecular complexity index is 562. The second kappa shape index (κ2) is 3.41. The number of fused-ring (bicyclic) bond motifs is 1. The number of halogens is 2. The second-order valence-corrected chi connectivity index (χ2v) is 4.31. The largest absolute Gasteiger partial charge is 0.360 e. The summed E-state index contributed by atoms with van der Waals surface area (Å²) < 4.78 is 0.854. The van der Waals surface area contributed by atoms with Crippen molar-refractivity contribution in [2.75, 3.05) is 0 Å². The average Bonchev–Trinajstić information content (AvgIpc) is 2.14. The van der Waals surface area contributed by atoms with Gasteiger partial charge in [0.15, 0.2) is 5.43 Å². The van der Waals surface area contributed by atoms with E-state index in [1.54, 1.807) is 6.20 Å². The van der Waals surface area contributed by atoms with Gasteiger partial charge in [-0.25, -0.2) is 0 Å². The second-order valence-electron chi connectivity index (χ2n) is 3.08. The zero-order valence-corrected chi connectivity index (χ0v) is 9.74. The standard InChI is InChI=1S/C10H7BrClNO/c1-5-4-6(11)10-8(9(5)12)7(14)2-3-13-10/h2-4H,1H3,(H,13,14). The average molecular weight is 273 g/mol. The van der Waals surface area contributed by atoms with Crippen LogP contribution in [-0.4, -0.2) is 4.98 Å². The summed E-state index contributed by atoms with van der Waals surface area (Å²) in [4.78, 5) is 14.6. The first-order chi connectivity index (χ1) is 6.61. The van der Waals surface area contributed by atoms with Crippen LogP contribution in [0, 0.1) is 6.92 Å². The Labute approximate surface area is 94.0 Å². The molecule has 2 nitrogen and oxygen atoms in total. The van der Waals surface area contributed by atoms with E-state index in [0.717, 1.165) is 15.6 Å². The predicted octanol–water partition coefficient (Wildman–Crippen LogP) is 3.25. The van der Waals surface area contributed by atoms with E-state index in [2.05, 4.69) is 20.9 Å². The number of aromatic amines is 1. The molecule has 1 N–H and O–H groups in total. The van der Waals surface area contributed by atoms with Crippen LogP contribution in [0.4, 0.5) is 0 Å². The van der Waals surface area contributed by atoms with Crippen LogP contribution in [-0.2, 0) is 0 Å². The van der Waals surface area contributed by atoms with Gasteiger partial charge in [0, 0.05) is 16.7 Å². The minimum Gasteiger partial charge on any atom is -0.360 e. The van der Waals surface area contributed by atoms with E-state index in [4.69, 9.17) is 11.6 Å². The Morgan fingerprint density at radius 2 is 2.21 bits per heavy atom. The smallest absolute Gasteiger partial charge is 0.190 e. The molecule has 0 saturated carbocycles. The molecular formula is C10H7BrClNO. The quantitative estimate of drug-likeness (QED) is 0.784. The number of aryl methyl sites for hydroxylation is 1. The summed E-state index contributed by atoms with van der Waals surface area (Å²) in [7, 11) is 0. The Morgan fingerprint density at radius 1 is 1.50 bits per heavy atom. The minimum atomic E-state index is -0.0619. The maximum Gasteiger partial charge on any atom is 0.190 e. The Balaban J connectivity index is 3.11. The van der Waals surface area contributed by atoms with E-state index in [1.165, 1.54) is 6.07 Å². The molecule has 1 aromatic carbocycles. The zero-order chi connectivity index (χ0) is 10.3. The number of benzene rings is 1. The molecule has 0 amide bonds. The van der Waals surface area contributed by atoms with Crippen LogP contribution in [0.3, 0.4) is 0 Å². The highest BCUT2D eigenvalue weighted by Crippen LogP contribution is 2.29. The van der Waals surface area contributed by atoms with Crippen LogP contribution in [0.1, 0.15) is 5.56 Å². The van der Waals surface area contributed by atoms with Gasteiger partial charge in [-0.2, -0.15) is 0 Å². The summed E-state index contributed by atoms with van der Waals surface area (Å²) in [6.07, 6.45) is 1.61. The van der Waals surface area contributed by atoms with Gasteiger partial charge < -0.3 is 4.98 Å². The van der Waals surface area contributed by atoms with Crippen LogP contribution in [0.25, 0.3) is 10.9 Å². The molecule has 1 heterocycles. The van der Waals surface area contributed by atoms with Gasteiger partial charge in [0.1, 0.15) is 0 Å². The Kier molecular flexibility index (Phi) is 2.37. The monoisotopic (exact) mass is 271 g/mol. The first-order valence-corrected chi connectivity index (χ1v) is 5.24. The van der Waals surface area contributed by atoms with E-state index in [1.807, 2.05) is 13.0 Å². The molecule has 0 aliphatic heterocycles. The zero-order valence-electron chi connectivity index (χ0n) is 7.40. The highest BCUT2D eigenvalue weighted by molar-refractivity contribution is 9.10. The lowest BCUT2D eigenvalue weighted by atomic mass is 10.1. The lowest BCUT2D eigenvalue weighted by Gasteiger charge is -2.05. The topological polar surface area (TPSA) is 32.9 Å². The van der Waals surface area contributed by atoms with Gasteiger partial charge in [-0.05, 0) is 34.5 Å². The van der Waals surface area contributed by atoms with Gasteiger partial charge in [-0.3, -0.25) is 4.79 Å². The molecule has 0 unspecified atom stereocenters. The van der Waals surface area contributed by atoms with Gasteiger partial charge in [0.2, 0.25) is 0 Å². The molecule has 0 spiro atoms. The number of hydrogen-bond donors (Lipinski definition) is 1. The molecule has 0 atom stereocenters. The fraction of sp³-hybridized carbons (Fsp3) is 0.100. The molecule has 72 valence electrons. The maximum atomic E-state index is 11.6. The summed E-state index contributed by atoms with van der Waals surface area (Å²) in [5, 5.41) is 1.06. The fourth-order valence-electron chi connectivity index (χ4n) is 1.41. The van der Waals surface area contributed by atoms with Crippen LogP contribution in [0.5, 0.6) is 0 Å². The molecule has 0 aliphatic carbocycles. The predicted molar refractivity (Wildman–Crippen MR) is 62.0 cm³/mol. The fourth-order valence-corrected chi connectivity index (χ4v) is 2.31. The van der Waals surface area contributed by atoms with Crippen molar-refractivity contribution in [1.82, 2.24) is 4.98 Å². The first kappa shape index (κ1) is 9.74. The van der Waals surface area contributed by atoms with Gasteiger partial charge in [0.05, 0.1) is 15.9 Å². The molecule has 0 aliphatic rings. The first-order valence-electron chi connectivity index (χ1n) is 4.07. The normalized spacial score (nSPS) is 10.8. The Morgan fingerprint density at radius 3 is 2.93 bits per heavy atom. The van der Waals surface area contributed by atoms with Gasteiger partial charge in [0.25, 0.3) is 0 Å². The van der Waals surface area contributed by atoms with Crippen molar-refractivity contribution >= 4 is 38.4 Å². The van der Waals surface area contributed by atoms with Gasteiger partial charge >= 0.3 is 0 Å². The van der Waals surface area contributed by atoms with Crippen molar-refractivity contribution in [3.63, 3.8) is 0 Å². The molecule has 0 radical (unpaired) electrons. The number of rotatable bonds is 0. The summed E-state index contributed by atoms with van der Waals surface area (Å²) in [6.45, 7) is 1.87. The summed E-state index contributed by atoms with van der Waals surface area (Å²) in [5.41, 5.74) is 1.57. The molecule has 0 saturated heterocycles. The number of nitrogens with one attached hydrogen (secondary N) is 1. The lowest BCUT2D eigenvalue weighted by Crippen LogP contribution is -2.02. The third kappa shape index (κ3) is 1.37. The van der Waals surface area contributed by atoms with Crippen molar-refractivity contribution in [2.45, 2.75) is 6.92 Å². The van der Waals surface area contributed by atoms with Crippen molar-refractivity contribution in [3.05, 3.63) is 43.6 Å². The molecule has 14 heavy (non-hydrogen) atoms. The van der Waals surface area contributed by atoms with E-state index in [0.29, 0.717) is 10.4 Å². The minimum absolute atomic E-state index is 0.0619. The number of pyridine rings is 1. The molecule has 0 bridgehead atoms. The van der Waals surface area contributed by atoms with E-state index < -0.39 is 0 Å². The van der Waals surface area contributed by atoms with Gasteiger partial charge in [-0.15, -0.1) is 0 Å². The SMILES string of the molecule is Cc1cc(Br)c2[nH]ccc(=O)c2c1Cl. The van der Waals surface area contributed by atoms with Gasteiger partial charge in [-0.1, -0.05) is 11.6 Å². The summed E-state index contributed by atoms with van der Waals surface area (Å²) >= 11 is 9.45. The molecule has 2 aromatic rings. The van der Waals surface area contributed by atoms with Crippen LogP contribution in [0.2, 0.25) is 5.02 Å². The molecule has 2 rings (SSSR count). The third-order valence-corrected chi connectivity index (χ3v) is 3.22. The number of hydrogen-bond acceptors (Lipinski definition) is 1. The van der Waals surface area contributed by atoms with Crippen LogP contribution >= 0.6 is 27.5 Å². The highest BCUT2D eigenvalue weighted by atomic mass is 79.9. The Hall–Kier alpha value is -0.800. The maximum absolute atomic E-state index is 11.6. The van der Waals surface area contributed by atoms with Crippen LogP contribution < -0.4 is 5.43 Å². The molecular weight excluding hydrogens is 265 g/mol. The highest BCUT2D eigenvalue weighted by Gasteiger charge is 2.09. The molecule has 0 fully saturated rings. The number of aromatic nitrogens is 1. The lowest BCUT2D eigenvalue weighted by molar-refractivity contribution is 1.36. The summed E-state index contributed by atoms with van der Waals surface area (Å²) in [6, 6.07) is 3.36. The molecule has 1 aromatic heterocycles. The number of H-pyrrole nitrogens is 1. The van der Waals surface area contributed by atoms with Crippen molar-refractivity contribution in [3.8, 4) is 0 Å². The van der Waals surface area contributed by atoms with E-state index in [9.17, 15) is 4.79 Å². The van der Waals surface area contributed by atoms with Crippen molar-refractivity contribution in [2.24, 2.45) is 0 Å². The third-order valence-electron chi connectivity index (χ3n) is 2.11. The van der Waals surface area contributed by atoms with Crippen molar-refractivity contribution < 1.29 is 0 Å². The molecule has 4 heteroatoms. The van der Waals surface area contributed by atoms with Crippen LogP contribution in [0.15, 0.2) is 27.6 Å². The summed E-state index contributed by atoms with van der Waals surface area (Å²) in [5.74, 6) is 0. The van der Waals surface area contributed by atoms with E-state index >= 15 is 0 Å². The van der Waals surface area contributed by atoms with Crippen molar-refractivity contribution in [1.29, 1.82) is 0 Å².